The van der Waals surface area contributed by atoms with Gasteiger partial charge in [-0.2, -0.15) is 0 Å². The predicted octanol–water partition coefficient (Wildman–Crippen LogP) is 3.69. The maximum atomic E-state index is 4.45. The number of fused-ring (bicyclic) bond motifs is 1. The Morgan fingerprint density at radius 1 is 1.28 bits per heavy atom. The molecule has 1 saturated heterocycles. The van der Waals surface area contributed by atoms with E-state index in [1.165, 1.54) is 30.2 Å². The molecule has 2 heterocycles. The zero-order valence-corrected chi connectivity index (χ0v) is 10.9. The Morgan fingerprint density at radius 2 is 2.22 bits per heavy atom. The largest absolute Gasteiger partial charge is 0.310 e. The van der Waals surface area contributed by atoms with E-state index in [2.05, 4.69) is 41.5 Å². The molecule has 0 spiro atoms. The van der Waals surface area contributed by atoms with Gasteiger partial charge in [-0.05, 0) is 43.0 Å². The van der Waals surface area contributed by atoms with Crippen LogP contribution in [0, 0.1) is 5.92 Å². The van der Waals surface area contributed by atoms with Crippen LogP contribution in [0.5, 0.6) is 0 Å². The van der Waals surface area contributed by atoms with Gasteiger partial charge in [-0.25, -0.2) is 0 Å². The molecule has 1 aromatic carbocycles. The number of hydrogen-bond acceptors (Lipinski definition) is 2. The molecule has 2 unspecified atom stereocenters. The van der Waals surface area contributed by atoms with Crippen LogP contribution >= 0.6 is 0 Å². The van der Waals surface area contributed by atoms with E-state index in [-0.39, 0.29) is 0 Å². The van der Waals surface area contributed by atoms with Gasteiger partial charge in [0.2, 0.25) is 0 Å². The minimum absolute atomic E-state index is 0.497. The number of nitrogens with zero attached hydrogens (tertiary/aromatic N) is 1. The third-order valence-corrected chi connectivity index (χ3v) is 4.14. The van der Waals surface area contributed by atoms with E-state index in [9.17, 15) is 0 Å². The number of benzene rings is 1. The topological polar surface area (TPSA) is 24.9 Å². The zero-order chi connectivity index (χ0) is 12.4. The summed E-state index contributed by atoms with van der Waals surface area (Å²) in [7, 11) is 0. The van der Waals surface area contributed by atoms with Crippen molar-refractivity contribution in [2.45, 2.75) is 32.2 Å². The fourth-order valence-corrected chi connectivity index (χ4v) is 3.03. The first-order chi connectivity index (χ1) is 8.88. The number of rotatable bonds is 2. The third-order valence-electron chi connectivity index (χ3n) is 4.14. The van der Waals surface area contributed by atoms with Gasteiger partial charge >= 0.3 is 0 Å². The lowest BCUT2D eigenvalue weighted by Gasteiger charge is -2.30. The van der Waals surface area contributed by atoms with Gasteiger partial charge in [0, 0.05) is 17.6 Å². The molecule has 1 N–H and O–H groups in total. The first-order valence-electron chi connectivity index (χ1n) is 6.95. The highest BCUT2D eigenvalue weighted by molar-refractivity contribution is 5.82. The molecule has 18 heavy (non-hydrogen) atoms. The lowest BCUT2D eigenvalue weighted by Crippen LogP contribution is -2.31. The maximum absolute atomic E-state index is 4.45. The SMILES string of the molecule is CCC1CCNC(c2cccc3ncccc23)C1. The molecular weight excluding hydrogens is 220 g/mol. The smallest absolute Gasteiger partial charge is 0.0705 e. The molecule has 2 aromatic rings. The quantitative estimate of drug-likeness (QED) is 0.866. The number of pyridine rings is 1. The van der Waals surface area contributed by atoms with Crippen LogP contribution in [0.2, 0.25) is 0 Å². The summed E-state index contributed by atoms with van der Waals surface area (Å²) in [5, 5.41) is 4.96. The summed E-state index contributed by atoms with van der Waals surface area (Å²) in [6.45, 7) is 3.44. The average molecular weight is 240 g/mol. The Bertz CT molecular complexity index is 530. The van der Waals surface area contributed by atoms with Crippen LogP contribution in [0.4, 0.5) is 0 Å². The van der Waals surface area contributed by atoms with Crippen molar-refractivity contribution < 1.29 is 0 Å². The molecule has 0 saturated carbocycles. The highest BCUT2D eigenvalue weighted by Gasteiger charge is 2.22. The minimum atomic E-state index is 0.497. The van der Waals surface area contributed by atoms with Crippen LogP contribution < -0.4 is 5.32 Å². The first-order valence-corrected chi connectivity index (χ1v) is 6.95. The van der Waals surface area contributed by atoms with Crippen molar-refractivity contribution in [3.8, 4) is 0 Å². The monoisotopic (exact) mass is 240 g/mol. The summed E-state index contributed by atoms with van der Waals surface area (Å²) in [6.07, 6.45) is 5.73. The Balaban J connectivity index is 1.98. The van der Waals surface area contributed by atoms with E-state index in [4.69, 9.17) is 0 Å². The maximum Gasteiger partial charge on any atom is 0.0705 e. The Hall–Kier alpha value is -1.41. The summed E-state index contributed by atoms with van der Waals surface area (Å²) in [5.74, 6) is 0.864. The molecule has 1 fully saturated rings. The fraction of sp³-hybridized carbons (Fsp3) is 0.438. The summed E-state index contributed by atoms with van der Waals surface area (Å²) in [4.78, 5) is 4.45. The summed E-state index contributed by atoms with van der Waals surface area (Å²) in [6, 6.07) is 11.2. The molecule has 0 bridgehead atoms. The van der Waals surface area contributed by atoms with Crippen LogP contribution in [0.1, 0.15) is 37.8 Å². The van der Waals surface area contributed by atoms with Crippen LogP contribution in [-0.4, -0.2) is 11.5 Å². The first kappa shape index (κ1) is 11.7. The van der Waals surface area contributed by atoms with Crippen molar-refractivity contribution in [2.75, 3.05) is 6.54 Å². The Kier molecular flexibility index (Phi) is 3.28. The van der Waals surface area contributed by atoms with Crippen molar-refractivity contribution in [2.24, 2.45) is 5.92 Å². The summed E-state index contributed by atoms with van der Waals surface area (Å²) >= 11 is 0. The second-order valence-corrected chi connectivity index (χ2v) is 5.22. The average Bonchev–Trinajstić information content (AvgIpc) is 2.47. The molecule has 1 aliphatic heterocycles. The number of hydrogen-bond donors (Lipinski definition) is 1. The van der Waals surface area contributed by atoms with Crippen LogP contribution in [0.3, 0.4) is 0 Å². The van der Waals surface area contributed by atoms with E-state index in [1.807, 2.05) is 12.3 Å². The van der Waals surface area contributed by atoms with Gasteiger partial charge in [-0.15, -0.1) is 0 Å². The van der Waals surface area contributed by atoms with Gasteiger partial charge in [0.05, 0.1) is 5.52 Å². The zero-order valence-electron chi connectivity index (χ0n) is 10.9. The van der Waals surface area contributed by atoms with E-state index in [1.54, 1.807) is 0 Å². The van der Waals surface area contributed by atoms with E-state index in [0.29, 0.717) is 6.04 Å². The van der Waals surface area contributed by atoms with Crippen molar-refractivity contribution in [3.05, 3.63) is 42.1 Å². The Labute approximate surface area is 108 Å². The number of piperidine rings is 1. The van der Waals surface area contributed by atoms with E-state index >= 15 is 0 Å². The van der Waals surface area contributed by atoms with Crippen molar-refractivity contribution in [1.82, 2.24) is 10.3 Å². The minimum Gasteiger partial charge on any atom is -0.310 e. The molecule has 0 amide bonds. The lowest BCUT2D eigenvalue weighted by molar-refractivity contribution is 0.300. The molecule has 2 heteroatoms. The molecular formula is C16H20N2. The van der Waals surface area contributed by atoms with Gasteiger partial charge < -0.3 is 5.32 Å². The highest BCUT2D eigenvalue weighted by atomic mass is 14.9. The molecule has 1 aromatic heterocycles. The van der Waals surface area contributed by atoms with Crippen molar-refractivity contribution in [3.63, 3.8) is 0 Å². The van der Waals surface area contributed by atoms with Crippen molar-refractivity contribution in [1.29, 1.82) is 0 Å². The third kappa shape index (κ3) is 2.13. The second-order valence-electron chi connectivity index (χ2n) is 5.22. The van der Waals surface area contributed by atoms with E-state index < -0.39 is 0 Å². The molecule has 3 rings (SSSR count). The molecule has 0 radical (unpaired) electrons. The summed E-state index contributed by atoms with van der Waals surface area (Å²) < 4.78 is 0. The van der Waals surface area contributed by atoms with Gasteiger partial charge in [0.15, 0.2) is 0 Å². The number of nitrogens with one attached hydrogen (secondary N) is 1. The molecule has 1 aliphatic rings. The second kappa shape index (κ2) is 5.07. The highest BCUT2D eigenvalue weighted by Crippen LogP contribution is 2.32. The fourth-order valence-electron chi connectivity index (χ4n) is 3.03. The van der Waals surface area contributed by atoms with Gasteiger partial charge in [-0.3, -0.25) is 4.98 Å². The predicted molar refractivity (Wildman–Crippen MR) is 75.5 cm³/mol. The Morgan fingerprint density at radius 3 is 3.11 bits per heavy atom. The van der Waals surface area contributed by atoms with E-state index in [0.717, 1.165) is 18.0 Å². The summed E-state index contributed by atoms with van der Waals surface area (Å²) in [5.41, 5.74) is 2.52. The standard InChI is InChI=1S/C16H20N2/c1-2-12-8-10-18-16(11-12)14-5-3-7-15-13(14)6-4-9-17-15/h3-7,9,12,16,18H,2,8,10-11H2,1H3. The van der Waals surface area contributed by atoms with Gasteiger partial charge in [0.1, 0.15) is 0 Å². The normalized spacial score (nSPS) is 24.3. The van der Waals surface area contributed by atoms with Gasteiger partial charge in [-0.1, -0.05) is 31.5 Å². The van der Waals surface area contributed by atoms with Crippen LogP contribution in [-0.2, 0) is 0 Å². The number of aromatic nitrogens is 1. The van der Waals surface area contributed by atoms with Crippen LogP contribution in [0.15, 0.2) is 36.5 Å². The van der Waals surface area contributed by atoms with Crippen LogP contribution in [0.25, 0.3) is 10.9 Å². The van der Waals surface area contributed by atoms with Gasteiger partial charge in [0.25, 0.3) is 0 Å². The molecule has 0 aliphatic carbocycles. The lowest BCUT2D eigenvalue weighted by atomic mass is 9.86. The molecule has 94 valence electrons. The van der Waals surface area contributed by atoms with Crippen molar-refractivity contribution >= 4 is 10.9 Å². The molecule has 2 nitrogen and oxygen atoms in total. The molecule has 2 atom stereocenters.